The van der Waals surface area contributed by atoms with Crippen LogP contribution < -0.4 is 4.90 Å². The molecule has 0 fully saturated rings. The third-order valence-corrected chi connectivity index (χ3v) is 2.41. The Morgan fingerprint density at radius 3 is 2.12 bits per heavy atom. The van der Waals surface area contributed by atoms with Gasteiger partial charge in [0, 0.05) is 18.3 Å². The molecular weight excluding hydrogens is 226 g/mol. The normalized spacial score (nSPS) is 9.75. The fourth-order valence-electron chi connectivity index (χ4n) is 1.64. The molecule has 0 bridgehead atoms. The van der Waals surface area contributed by atoms with Gasteiger partial charge in [0.25, 0.3) is 0 Å². The molecule has 1 aromatic rings. The highest BCUT2D eigenvalue weighted by Gasteiger charge is 2.09. The second kappa shape index (κ2) is 6.38. The van der Waals surface area contributed by atoms with Gasteiger partial charge in [-0.1, -0.05) is 0 Å². The first-order valence-electron chi connectivity index (χ1n) is 5.16. The number of carbonyl (C=O) groups is 1. The molecule has 0 saturated heterocycles. The van der Waals surface area contributed by atoms with E-state index in [2.05, 4.69) is 25.7 Å². The average molecular weight is 244 g/mol. The van der Waals surface area contributed by atoms with Gasteiger partial charge in [0.1, 0.15) is 0 Å². The molecule has 1 rings (SSSR count). The fourth-order valence-corrected chi connectivity index (χ4v) is 1.64. The fraction of sp³-hybridized carbons (Fsp3) is 0.417. The molecule has 0 aliphatic heterocycles. The molecular formula is C12H18ClNO2. The third kappa shape index (κ3) is 3.42. The standard InChI is InChI=1S/C12H17NO2.ClH/c1-4-13(9(2)3)11-7-5-10(6-8-11)12(14)15;/h5-9H,4H2,1-3H3,(H,14,15);1H. The number of hydrogen-bond donors (Lipinski definition) is 1. The Morgan fingerprint density at radius 2 is 1.81 bits per heavy atom. The molecule has 0 radical (unpaired) electrons. The van der Waals surface area contributed by atoms with Gasteiger partial charge in [0.2, 0.25) is 0 Å². The maximum absolute atomic E-state index is 10.7. The van der Waals surface area contributed by atoms with Gasteiger partial charge in [-0.05, 0) is 45.0 Å². The Morgan fingerprint density at radius 1 is 1.31 bits per heavy atom. The summed E-state index contributed by atoms with van der Waals surface area (Å²) in [6.45, 7) is 7.25. The SMILES string of the molecule is CCN(c1ccc(C(=O)O)cc1)C(C)C.Cl. The van der Waals surface area contributed by atoms with Crippen LogP contribution in [0.5, 0.6) is 0 Å². The molecule has 0 spiro atoms. The number of nitrogens with zero attached hydrogens (tertiary/aromatic N) is 1. The smallest absolute Gasteiger partial charge is 0.335 e. The Balaban J connectivity index is 0.00000225. The summed E-state index contributed by atoms with van der Waals surface area (Å²) in [6, 6.07) is 7.41. The van der Waals surface area contributed by atoms with E-state index in [4.69, 9.17) is 5.11 Å². The molecule has 0 amide bonds. The van der Waals surface area contributed by atoms with Crippen molar-refractivity contribution in [1.29, 1.82) is 0 Å². The van der Waals surface area contributed by atoms with E-state index in [-0.39, 0.29) is 12.4 Å². The van der Waals surface area contributed by atoms with Crippen molar-refractivity contribution in [2.75, 3.05) is 11.4 Å². The van der Waals surface area contributed by atoms with Crippen LogP contribution in [0.3, 0.4) is 0 Å². The third-order valence-electron chi connectivity index (χ3n) is 2.41. The minimum atomic E-state index is -0.880. The molecule has 3 nitrogen and oxygen atoms in total. The molecule has 0 aliphatic rings. The van der Waals surface area contributed by atoms with Crippen molar-refractivity contribution in [3.63, 3.8) is 0 Å². The maximum Gasteiger partial charge on any atom is 0.335 e. The number of benzene rings is 1. The average Bonchev–Trinajstić information content (AvgIpc) is 2.19. The summed E-state index contributed by atoms with van der Waals surface area (Å²) >= 11 is 0. The van der Waals surface area contributed by atoms with E-state index in [1.807, 2.05) is 12.1 Å². The highest BCUT2D eigenvalue weighted by Crippen LogP contribution is 2.17. The number of anilines is 1. The van der Waals surface area contributed by atoms with Crippen molar-refractivity contribution in [2.24, 2.45) is 0 Å². The van der Waals surface area contributed by atoms with Crippen LogP contribution >= 0.6 is 12.4 Å². The van der Waals surface area contributed by atoms with E-state index in [0.29, 0.717) is 11.6 Å². The zero-order valence-electron chi connectivity index (χ0n) is 9.80. The summed E-state index contributed by atoms with van der Waals surface area (Å²) in [4.78, 5) is 12.9. The van der Waals surface area contributed by atoms with Crippen LogP contribution in [0, 0.1) is 0 Å². The quantitative estimate of drug-likeness (QED) is 0.884. The first-order valence-corrected chi connectivity index (χ1v) is 5.16. The second-order valence-electron chi connectivity index (χ2n) is 3.73. The Hall–Kier alpha value is -1.22. The molecule has 0 saturated carbocycles. The van der Waals surface area contributed by atoms with Crippen LogP contribution in [0.15, 0.2) is 24.3 Å². The van der Waals surface area contributed by atoms with Gasteiger partial charge in [-0.15, -0.1) is 12.4 Å². The first-order chi connectivity index (χ1) is 7.06. The summed E-state index contributed by atoms with van der Waals surface area (Å²) in [7, 11) is 0. The zero-order valence-corrected chi connectivity index (χ0v) is 10.6. The molecule has 0 heterocycles. The van der Waals surface area contributed by atoms with E-state index in [1.165, 1.54) is 0 Å². The Kier molecular flexibility index (Phi) is 5.89. The lowest BCUT2D eigenvalue weighted by molar-refractivity contribution is 0.0697. The summed E-state index contributed by atoms with van der Waals surface area (Å²) in [5.74, 6) is -0.880. The van der Waals surface area contributed by atoms with Crippen molar-refractivity contribution >= 4 is 24.1 Å². The van der Waals surface area contributed by atoms with E-state index in [0.717, 1.165) is 12.2 Å². The van der Waals surface area contributed by atoms with Crippen LogP contribution in [0.1, 0.15) is 31.1 Å². The second-order valence-corrected chi connectivity index (χ2v) is 3.73. The number of aromatic carboxylic acids is 1. The lowest BCUT2D eigenvalue weighted by Gasteiger charge is -2.27. The van der Waals surface area contributed by atoms with E-state index < -0.39 is 5.97 Å². The van der Waals surface area contributed by atoms with Crippen molar-refractivity contribution in [3.05, 3.63) is 29.8 Å². The van der Waals surface area contributed by atoms with E-state index in [9.17, 15) is 4.79 Å². The van der Waals surface area contributed by atoms with Gasteiger partial charge < -0.3 is 10.0 Å². The summed E-state index contributed by atoms with van der Waals surface area (Å²) in [5, 5.41) is 8.77. The number of hydrogen-bond acceptors (Lipinski definition) is 2. The molecule has 0 aliphatic carbocycles. The van der Waals surface area contributed by atoms with E-state index >= 15 is 0 Å². The predicted octanol–water partition coefficient (Wildman–Crippen LogP) is 3.04. The van der Waals surface area contributed by atoms with Crippen LogP contribution in [-0.2, 0) is 0 Å². The zero-order chi connectivity index (χ0) is 11.4. The van der Waals surface area contributed by atoms with Crippen LogP contribution in [-0.4, -0.2) is 23.7 Å². The van der Waals surface area contributed by atoms with Gasteiger partial charge in [0.15, 0.2) is 0 Å². The van der Waals surface area contributed by atoms with Crippen molar-refractivity contribution in [3.8, 4) is 0 Å². The summed E-state index contributed by atoms with van der Waals surface area (Å²) in [5.41, 5.74) is 1.40. The lowest BCUT2D eigenvalue weighted by atomic mass is 10.2. The number of carboxylic acids is 1. The Bertz CT molecular complexity index is 335. The van der Waals surface area contributed by atoms with Crippen molar-refractivity contribution < 1.29 is 9.90 Å². The van der Waals surface area contributed by atoms with Crippen molar-refractivity contribution in [2.45, 2.75) is 26.8 Å². The number of carboxylic acid groups (broad SMARTS) is 1. The van der Waals surface area contributed by atoms with Crippen LogP contribution in [0.2, 0.25) is 0 Å². The maximum atomic E-state index is 10.7. The van der Waals surface area contributed by atoms with Gasteiger partial charge in [-0.25, -0.2) is 4.79 Å². The number of halogens is 1. The highest BCUT2D eigenvalue weighted by molar-refractivity contribution is 5.88. The molecule has 0 aromatic heterocycles. The molecule has 1 N–H and O–H groups in total. The minimum absolute atomic E-state index is 0. The first kappa shape index (κ1) is 14.8. The van der Waals surface area contributed by atoms with Crippen LogP contribution in [0.25, 0.3) is 0 Å². The molecule has 1 aromatic carbocycles. The molecule has 0 unspecified atom stereocenters. The monoisotopic (exact) mass is 243 g/mol. The molecule has 16 heavy (non-hydrogen) atoms. The van der Waals surface area contributed by atoms with Gasteiger partial charge in [-0.2, -0.15) is 0 Å². The lowest BCUT2D eigenvalue weighted by Crippen LogP contribution is -2.30. The summed E-state index contributed by atoms with van der Waals surface area (Å²) in [6.07, 6.45) is 0. The van der Waals surface area contributed by atoms with Crippen LogP contribution in [0.4, 0.5) is 5.69 Å². The van der Waals surface area contributed by atoms with Crippen molar-refractivity contribution in [1.82, 2.24) is 0 Å². The Labute approximate surface area is 102 Å². The predicted molar refractivity (Wildman–Crippen MR) is 68.8 cm³/mol. The topological polar surface area (TPSA) is 40.5 Å². The van der Waals surface area contributed by atoms with Gasteiger partial charge in [-0.3, -0.25) is 0 Å². The minimum Gasteiger partial charge on any atom is -0.478 e. The van der Waals surface area contributed by atoms with E-state index in [1.54, 1.807) is 12.1 Å². The van der Waals surface area contributed by atoms with Gasteiger partial charge in [0.05, 0.1) is 5.56 Å². The highest BCUT2D eigenvalue weighted by atomic mass is 35.5. The molecule has 4 heteroatoms. The number of rotatable bonds is 4. The summed E-state index contributed by atoms with van der Waals surface area (Å²) < 4.78 is 0. The molecule has 90 valence electrons. The molecule has 0 atom stereocenters. The van der Waals surface area contributed by atoms with Gasteiger partial charge >= 0.3 is 5.97 Å². The largest absolute Gasteiger partial charge is 0.478 e.